The molecule has 5 heteroatoms. The zero-order chi connectivity index (χ0) is 19.5. The molecule has 2 aromatic heterocycles. The number of likely N-dealkylation sites (tertiary alicyclic amines) is 1. The number of para-hydroxylation sites is 1. The Morgan fingerprint density at radius 1 is 1.18 bits per heavy atom. The lowest BCUT2D eigenvalue weighted by atomic mass is 10.1. The molecule has 0 saturated carbocycles. The molecule has 3 aromatic rings. The van der Waals surface area contributed by atoms with Crippen LogP contribution in [-0.4, -0.2) is 40.3 Å². The van der Waals surface area contributed by atoms with E-state index in [-0.39, 0.29) is 5.78 Å². The van der Waals surface area contributed by atoms with Crippen LogP contribution in [0.5, 0.6) is 0 Å². The van der Waals surface area contributed by atoms with Crippen LogP contribution in [0.1, 0.15) is 41.4 Å². The summed E-state index contributed by atoms with van der Waals surface area (Å²) in [6, 6.07) is 11.9. The van der Waals surface area contributed by atoms with Gasteiger partial charge in [-0.1, -0.05) is 18.2 Å². The highest BCUT2D eigenvalue weighted by Gasteiger charge is 2.14. The fourth-order valence-electron chi connectivity index (χ4n) is 3.74. The number of carbonyl (C=O) groups is 1. The Kier molecular flexibility index (Phi) is 5.35. The van der Waals surface area contributed by atoms with Gasteiger partial charge in [0, 0.05) is 18.1 Å². The molecule has 1 aliphatic heterocycles. The molecule has 0 bridgehead atoms. The second-order valence-corrected chi connectivity index (χ2v) is 7.53. The van der Waals surface area contributed by atoms with Crippen LogP contribution >= 0.6 is 0 Å². The van der Waals surface area contributed by atoms with Crippen molar-refractivity contribution in [3.8, 4) is 0 Å². The number of anilines is 2. The molecule has 0 radical (unpaired) electrons. The van der Waals surface area contributed by atoms with Gasteiger partial charge < -0.3 is 10.2 Å². The maximum absolute atomic E-state index is 12.2. The Morgan fingerprint density at radius 2 is 1.96 bits per heavy atom. The Labute approximate surface area is 165 Å². The zero-order valence-electron chi connectivity index (χ0n) is 16.5. The lowest BCUT2D eigenvalue weighted by Gasteiger charge is -2.16. The van der Waals surface area contributed by atoms with Crippen molar-refractivity contribution >= 4 is 28.2 Å². The molecule has 0 aliphatic carbocycles. The van der Waals surface area contributed by atoms with Gasteiger partial charge in [-0.15, -0.1) is 0 Å². The normalized spacial score (nSPS) is 14.5. The minimum Gasteiger partial charge on any atom is -0.338 e. The summed E-state index contributed by atoms with van der Waals surface area (Å²) in [7, 11) is 0. The summed E-state index contributed by atoms with van der Waals surface area (Å²) < 4.78 is 0. The van der Waals surface area contributed by atoms with Crippen molar-refractivity contribution < 1.29 is 4.79 Å². The summed E-state index contributed by atoms with van der Waals surface area (Å²) in [4.78, 5) is 24.0. The second kappa shape index (κ2) is 8.07. The fourth-order valence-corrected chi connectivity index (χ4v) is 3.74. The van der Waals surface area contributed by atoms with E-state index >= 15 is 0 Å². The van der Waals surface area contributed by atoms with E-state index in [0.717, 1.165) is 35.2 Å². The number of nitrogens with one attached hydrogen (secondary N) is 1. The van der Waals surface area contributed by atoms with E-state index in [2.05, 4.69) is 21.3 Å². The molecule has 1 aromatic carbocycles. The van der Waals surface area contributed by atoms with Gasteiger partial charge in [-0.05, 0) is 70.0 Å². The summed E-state index contributed by atoms with van der Waals surface area (Å²) in [5.41, 5.74) is 4.47. The third kappa shape index (κ3) is 4.04. The van der Waals surface area contributed by atoms with Crippen LogP contribution in [-0.2, 0) is 6.42 Å². The van der Waals surface area contributed by atoms with Gasteiger partial charge in [-0.3, -0.25) is 9.78 Å². The van der Waals surface area contributed by atoms with E-state index in [1.54, 1.807) is 6.92 Å². The molecule has 0 spiro atoms. The van der Waals surface area contributed by atoms with Crippen LogP contribution in [0.25, 0.3) is 10.9 Å². The van der Waals surface area contributed by atoms with Crippen molar-refractivity contribution in [3.63, 3.8) is 0 Å². The number of hydrogen-bond donors (Lipinski definition) is 1. The molecule has 28 heavy (non-hydrogen) atoms. The maximum atomic E-state index is 12.2. The molecule has 5 nitrogen and oxygen atoms in total. The number of pyridine rings is 2. The minimum absolute atomic E-state index is 0.00319. The average molecular weight is 374 g/mol. The number of fused-ring (bicyclic) bond motifs is 1. The molecule has 1 fully saturated rings. The number of rotatable bonds is 6. The molecular formula is C23H26N4O. The van der Waals surface area contributed by atoms with Gasteiger partial charge in [0.1, 0.15) is 5.82 Å². The van der Waals surface area contributed by atoms with Crippen molar-refractivity contribution in [3.05, 3.63) is 59.4 Å². The first-order valence-corrected chi connectivity index (χ1v) is 9.96. The fraction of sp³-hybridized carbons (Fsp3) is 0.348. The third-order valence-corrected chi connectivity index (χ3v) is 5.42. The summed E-state index contributed by atoms with van der Waals surface area (Å²) in [5.74, 6) is 0.587. The van der Waals surface area contributed by atoms with E-state index in [0.29, 0.717) is 11.4 Å². The highest BCUT2D eigenvalue weighted by Crippen LogP contribution is 2.26. The Balaban J connectivity index is 1.61. The number of Topliss-reactive ketones (excluding diaryl/α,β-unsaturated/α-hetero) is 1. The number of ketones is 1. The van der Waals surface area contributed by atoms with Crippen LogP contribution in [0.3, 0.4) is 0 Å². The molecule has 3 heterocycles. The zero-order valence-corrected chi connectivity index (χ0v) is 16.5. The summed E-state index contributed by atoms with van der Waals surface area (Å²) in [5, 5.41) is 4.34. The van der Waals surface area contributed by atoms with E-state index in [9.17, 15) is 4.79 Å². The first-order chi connectivity index (χ1) is 13.6. The minimum atomic E-state index is -0.00319. The molecule has 1 N–H and O–H groups in total. The average Bonchev–Trinajstić information content (AvgIpc) is 3.21. The van der Waals surface area contributed by atoms with E-state index < -0.39 is 0 Å². The van der Waals surface area contributed by atoms with Crippen molar-refractivity contribution in [1.82, 2.24) is 14.9 Å². The number of hydrogen-bond acceptors (Lipinski definition) is 5. The number of aromatic nitrogens is 2. The van der Waals surface area contributed by atoms with E-state index in [1.165, 1.54) is 31.5 Å². The van der Waals surface area contributed by atoms with E-state index in [4.69, 9.17) is 4.98 Å². The van der Waals surface area contributed by atoms with Crippen LogP contribution in [0.15, 0.2) is 42.6 Å². The van der Waals surface area contributed by atoms with Crippen molar-refractivity contribution in [2.24, 2.45) is 0 Å². The van der Waals surface area contributed by atoms with Crippen LogP contribution in [0.4, 0.5) is 11.5 Å². The molecule has 144 valence electrons. The smallest absolute Gasteiger partial charge is 0.163 e. The molecule has 1 saturated heterocycles. The Hall–Kier alpha value is -2.79. The number of aryl methyl sites for hydroxylation is 1. The van der Waals surface area contributed by atoms with Crippen LogP contribution in [0, 0.1) is 6.92 Å². The Morgan fingerprint density at radius 3 is 2.75 bits per heavy atom. The SMILES string of the molecule is CC(=O)c1cc2ccccc2nc1Nc1cc(CCN2CCCC2)cnc1C. The van der Waals surface area contributed by atoms with Crippen molar-refractivity contribution in [2.45, 2.75) is 33.1 Å². The van der Waals surface area contributed by atoms with E-state index in [1.807, 2.05) is 43.5 Å². The van der Waals surface area contributed by atoms with Gasteiger partial charge in [-0.25, -0.2) is 4.98 Å². The number of carbonyl (C=O) groups excluding carboxylic acids is 1. The lowest BCUT2D eigenvalue weighted by Crippen LogP contribution is -2.22. The summed E-state index contributed by atoms with van der Waals surface area (Å²) in [6.45, 7) is 7.02. The number of nitrogens with zero attached hydrogens (tertiary/aromatic N) is 3. The van der Waals surface area contributed by atoms with Gasteiger partial charge in [-0.2, -0.15) is 0 Å². The quantitative estimate of drug-likeness (QED) is 0.643. The maximum Gasteiger partial charge on any atom is 0.163 e. The Bertz CT molecular complexity index is 1010. The predicted molar refractivity (Wildman–Crippen MR) is 113 cm³/mol. The standard InChI is InChI=1S/C23H26N4O/c1-16-22(13-18(15-24-16)9-12-27-10-5-6-11-27)26-23-20(17(2)28)14-19-7-3-4-8-21(19)25-23/h3-4,7-8,13-15H,5-6,9-12H2,1-2H3,(H,25,26). The highest BCUT2D eigenvalue weighted by molar-refractivity contribution is 6.02. The molecule has 0 unspecified atom stereocenters. The third-order valence-electron chi connectivity index (χ3n) is 5.42. The second-order valence-electron chi connectivity index (χ2n) is 7.53. The monoisotopic (exact) mass is 374 g/mol. The predicted octanol–water partition coefficient (Wildman–Crippen LogP) is 4.52. The molecule has 4 rings (SSSR count). The lowest BCUT2D eigenvalue weighted by molar-refractivity contribution is 0.101. The molecule has 0 atom stereocenters. The van der Waals surface area contributed by atoms with Gasteiger partial charge >= 0.3 is 0 Å². The van der Waals surface area contributed by atoms with Crippen molar-refractivity contribution in [1.29, 1.82) is 0 Å². The molecule has 1 aliphatic rings. The first-order valence-electron chi connectivity index (χ1n) is 9.96. The summed E-state index contributed by atoms with van der Waals surface area (Å²) >= 11 is 0. The number of benzene rings is 1. The van der Waals surface area contributed by atoms with Crippen molar-refractivity contribution in [2.75, 3.05) is 25.0 Å². The van der Waals surface area contributed by atoms with Gasteiger partial charge in [0.25, 0.3) is 0 Å². The topological polar surface area (TPSA) is 58.1 Å². The molecular weight excluding hydrogens is 348 g/mol. The van der Waals surface area contributed by atoms with Gasteiger partial charge in [0.15, 0.2) is 5.78 Å². The summed E-state index contributed by atoms with van der Waals surface area (Å²) in [6.07, 6.45) is 5.55. The van der Waals surface area contributed by atoms with Crippen LogP contribution < -0.4 is 5.32 Å². The van der Waals surface area contributed by atoms with Gasteiger partial charge in [0.2, 0.25) is 0 Å². The van der Waals surface area contributed by atoms with Crippen LogP contribution in [0.2, 0.25) is 0 Å². The first kappa shape index (κ1) is 18.6. The highest BCUT2D eigenvalue weighted by atomic mass is 16.1. The largest absolute Gasteiger partial charge is 0.338 e. The van der Waals surface area contributed by atoms with Gasteiger partial charge in [0.05, 0.1) is 22.5 Å². The molecule has 0 amide bonds.